The zero-order valence-electron chi connectivity index (χ0n) is 12.8. The average Bonchev–Trinajstić information content (AvgIpc) is 2.46. The molecule has 2 nitrogen and oxygen atoms in total. The van der Waals surface area contributed by atoms with Crippen LogP contribution in [0.2, 0.25) is 0 Å². The lowest BCUT2D eigenvalue weighted by atomic mass is 9.96. The normalized spacial score (nSPS) is 23.9. The first-order valence-corrected chi connectivity index (χ1v) is 7.74. The van der Waals surface area contributed by atoms with Gasteiger partial charge in [0.2, 0.25) is 0 Å². The van der Waals surface area contributed by atoms with Crippen molar-refractivity contribution in [2.24, 2.45) is 5.92 Å². The summed E-state index contributed by atoms with van der Waals surface area (Å²) in [7, 11) is 0. The molecule has 1 aromatic rings. The number of nitrogens with one attached hydrogen (secondary N) is 1. The molecule has 19 heavy (non-hydrogen) atoms. The fourth-order valence-electron chi connectivity index (χ4n) is 2.92. The van der Waals surface area contributed by atoms with Crippen molar-refractivity contribution in [3.05, 3.63) is 29.8 Å². The molecule has 1 heterocycles. The number of hydrogen-bond donors (Lipinski definition) is 1. The van der Waals surface area contributed by atoms with Crippen LogP contribution in [0.1, 0.15) is 39.7 Å². The first kappa shape index (κ1) is 14.4. The van der Waals surface area contributed by atoms with Gasteiger partial charge in [-0.2, -0.15) is 0 Å². The smallest absolute Gasteiger partial charge is 0.0438 e. The van der Waals surface area contributed by atoms with E-state index < -0.39 is 0 Å². The van der Waals surface area contributed by atoms with Gasteiger partial charge in [0.15, 0.2) is 0 Å². The van der Waals surface area contributed by atoms with Crippen molar-refractivity contribution in [3.8, 4) is 0 Å². The van der Waals surface area contributed by atoms with Crippen molar-refractivity contribution in [2.75, 3.05) is 18.0 Å². The summed E-state index contributed by atoms with van der Waals surface area (Å²) in [5.41, 5.74) is 2.81. The first-order chi connectivity index (χ1) is 9.15. The molecule has 2 atom stereocenters. The maximum Gasteiger partial charge on any atom is 0.0438 e. The molecular formula is C17H28N2. The highest BCUT2D eigenvalue weighted by Gasteiger charge is 2.29. The van der Waals surface area contributed by atoms with Crippen molar-refractivity contribution in [3.63, 3.8) is 0 Å². The zero-order valence-corrected chi connectivity index (χ0v) is 12.8. The minimum atomic E-state index is 0.607. The molecule has 1 N–H and O–H groups in total. The highest BCUT2D eigenvalue weighted by molar-refractivity contribution is 5.49. The maximum absolute atomic E-state index is 3.68. The van der Waals surface area contributed by atoms with Crippen LogP contribution in [-0.4, -0.2) is 25.2 Å². The van der Waals surface area contributed by atoms with E-state index in [4.69, 9.17) is 0 Å². The molecule has 0 aromatic heterocycles. The number of hydrogen-bond acceptors (Lipinski definition) is 2. The van der Waals surface area contributed by atoms with Crippen molar-refractivity contribution in [2.45, 2.75) is 52.6 Å². The summed E-state index contributed by atoms with van der Waals surface area (Å²) in [4.78, 5) is 2.61. The topological polar surface area (TPSA) is 15.3 Å². The van der Waals surface area contributed by atoms with Crippen LogP contribution in [0.5, 0.6) is 0 Å². The van der Waals surface area contributed by atoms with Crippen LogP contribution in [0, 0.1) is 5.92 Å². The summed E-state index contributed by atoms with van der Waals surface area (Å²) in [5.74, 6) is 0.677. The molecule has 0 bridgehead atoms. The van der Waals surface area contributed by atoms with Gasteiger partial charge in [-0.25, -0.2) is 0 Å². The third-order valence-corrected chi connectivity index (χ3v) is 4.37. The largest absolute Gasteiger partial charge is 0.365 e. The molecule has 1 aromatic carbocycles. The van der Waals surface area contributed by atoms with Crippen molar-refractivity contribution < 1.29 is 0 Å². The minimum absolute atomic E-state index is 0.607. The Kier molecular flexibility index (Phi) is 4.87. The van der Waals surface area contributed by atoms with Crippen LogP contribution in [-0.2, 0) is 6.42 Å². The summed E-state index contributed by atoms with van der Waals surface area (Å²) in [6.07, 6.45) is 2.32. The molecule has 2 rings (SSSR count). The first-order valence-electron chi connectivity index (χ1n) is 7.74. The number of anilines is 1. The number of nitrogens with zero attached hydrogens (tertiary/aromatic N) is 1. The van der Waals surface area contributed by atoms with Crippen molar-refractivity contribution in [1.29, 1.82) is 0 Å². The van der Waals surface area contributed by atoms with Gasteiger partial charge in [-0.1, -0.05) is 39.8 Å². The molecule has 2 heteroatoms. The van der Waals surface area contributed by atoms with Gasteiger partial charge in [0.1, 0.15) is 0 Å². The maximum atomic E-state index is 3.68. The molecule has 1 saturated heterocycles. The molecule has 1 aliphatic rings. The molecule has 106 valence electrons. The van der Waals surface area contributed by atoms with Crippen LogP contribution < -0.4 is 10.2 Å². The standard InChI is InChI=1S/C17H28N2/c1-5-14-7-9-16(10-8-14)19-12-15(6-2)18-11-17(19)13(3)4/h7-10,13,15,17-18H,5-6,11-12H2,1-4H3. The van der Waals surface area contributed by atoms with E-state index in [9.17, 15) is 0 Å². The van der Waals surface area contributed by atoms with Crippen LogP contribution in [0.3, 0.4) is 0 Å². The second kappa shape index (κ2) is 6.42. The quantitative estimate of drug-likeness (QED) is 0.892. The van der Waals surface area contributed by atoms with Gasteiger partial charge in [0.25, 0.3) is 0 Å². The molecule has 0 saturated carbocycles. The number of benzene rings is 1. The molecule has 0 radical (unpaired) electrons. The highest BCUT2D eigenvalue weighted by atomic mass is 15.2. The lowest BCUT2D eigenvalue weighted by Crippen LogP contribution is -2.58. The third kappa shape index (κ3) is 3.30. The summed E-state index contributed by atoms with van der Waals surface area (Å²) in [5, 5.41) is 3.68. The molecule has 1 fully saturated rings. The Balaban J connectivity index is 2.20. The predicted molar refractivity (Wildman–Crippen MR) is 83.9 cm³/mol. The van der Waals surface area contributed by atoms with E-state index in [1.807, 2.05) is 0 Å². The second-order valence-corrected chi connectivity index (χ2v) is 6.00. The Morgan fingerprint density at radius 3 is 2.42 bits per heavy atom. The Hall–Kier alpha value is -1.02. The molecule has 2 unspecified atom stereocenters. The summed E-state index contributed by atoms with van der Waals surface area (Å²) < 4.78 is 0. The Bertz CT molecular complexity index is 383. The minimum Gasteiger partial charge on any atom is -0.365 e. The Morgan fingerprint density at radius 2 is 1.89 bits per heavy atom. The molecule has 0 aliphatic carbocycles. The van der Waals surface area contributed by atoms with Gasteiger partial charge in [-0.3, -0.25) is 0 Å². The van der Waals surface area contributed by atoms with E-state index in [1.165, 1.54) is 17.7 Å². The number of piperazine rings is 1. The van der Waals surface area contributed by atoms with Gasteiger partial charge in [0, 0.05) is 30.9 Å². The molecule has 0 spiro atoms. The highest BCUT2D eigenvalue weighted by Crippen LogP contribution is 2.24. The van der Waals surface area contributed by atoms with Gasteiger partial charge in [-0.15, -0.1) is 0 Å². The Labute approximate surface area is 118 Å². The lowest BCUT2D eigenvalue weighted by molar-refractivity contribution is 0.333. The Morgan fingerprint density at radius 1 is 1.21 bits per heavy atom. The molecule has 0 amide bonds. The van der Waals surface area contributed by atoms with E-state index in [0.29, 0.717) is 18.0 Å². The monoisotopic (exact) mass is 260 g/mol. The van der Waals surface area contributed by atoms with E-state index in [1.54, 1.807) is 0 Å². The molecular weight excluding hydrogens is 232 g/mol. The predicted octanol–water partition coefficient (Wildman–Crippen LogP) is 3.46. The van der Waals surface area contributed by atoms with E-state index >= 15 is 0 Å². The van der Waals surface area contributed by atoms with Crippen LogP contribution in [0.25, 0.3) is 0 Å². The summed E-state index contributed by atoms with van der Waals surface area (Å²) >= 11 is 0. The van der Waals surface area contributed by atoms with E-state index in [2.05, 4.69) is 62.2 Å². The number of aryl methyl sites for hydroxylation is 1. The van der Waals surface area contributed by atoms with Crippen molar-refractivity contribution >= 4 is 5.69 Å². The summed E-state index contributed by atoms with van der Waals surface area (Å²) in [6, 6.07) is 10.4. The van der Waals surface area contributed by atoms with Crippen LogP contribution in [0.15, 0.2) is 24.3 Å². The van der Waals surface area contributed by atoms with Crippen molar-refractivity contribution in [1.82, 2.24) is 5.32 Å². The van der Waals surface area contributed by atoms with Gasteiger partial charge in [0.05, 0.1) is 0 Å². The van der Waals surface area contributed by atoms with Crippen LogP contribution in [0.4, 0.5) is 5.69 Å². The fourth-order valence-corrected chi connectivity index (χ4v) is 2.92. The second-order valence-electron chi connectivity index (χ2n) is 6.00. The SMILES string of the molecule is CCc1ccc(N2CC(CC)NCC2C(C)C)cc1. The fraction of sp³-hybridized carbons (Fsp3) is 0.647. The number of rotatable bonds is 4. The third-order valence-electron chi connectivity index (χ3n) is 4.37. The lowest BCUT2D eigenvalue weighted by Gasteiger charge is -2.44. The van der Waals surface area contributed by atoms with Gasteiger partial charge >= 0.3 is 0 Å². The average molecular weight is 260 g/mol. The van der Waals surface area contributed by atoms with Gasteiger partial charge < -0.3 is 10.2 Å². The summed E-state index contributed by atoms with van der Waals surface area (Å²) in [6.45, 7) is 11.4. The van der Waals surface area contributed by atoms with E-state index in [-0.39, 0.29) is 0 Å². The van der Waals surface area contributed by atoms with E-state index in [0.717, 1.165) is 19.5 Å². The van der Waals surface area contributed by atoms with Gasteiger partial charge in [-0.05, 0) is 36.5 Å². The molecule has 1 aliphatic heterocycles. The zero-order chi connectivity index (χ0) is 13.8. The van der Waals surface area contributed by atoms with Crippen LogP contribution >= 0.6 is 0 Å².